The van der Waals surface area contributed by atoms with Crippen LogP contribution in [0.3, 0.4) is 0 Å². The van der Waals surface area contributed by atoms with Gasteiger partial charge in [0.1, 0.15) is 6.07 Å². The molecule has 0 aliphatic rings. The van der Waals surface area contributed by atoms with Gasteiger partial charge in [0.05, 0.1) is 34.7 Å². The molecule has 21 heavy (non-hydrogen) atoms. The van der Waals surface area contributed by atoms with Crippen molar-refractivity contribution in [1.82, 2.24) is 14.6 Å². The van der Waals surface area contributed by atoms with E-state index in [9.17, 15) is 10.1 Å². The Bertz CT molecular complexity index is 875. The molecule has 0 saturated heterocycles. The third-order valence-electron chi connectivity index (χ3n) is 3.20. The number of aryl methyl sites for hydroxylation is 1. The number of anilines is 1. The van der Waals surface area contributed by atoms with Gasteiger partial charge in [-0.2, -0.15) is 10.4 Å². The molecule has 3 rings (SSSR count). The number of carbonyl (C=O) groups is 1. The monoisotopic (exact) mass is 277 g/mol. The number of aromatic nitrogens is 3. The van der Waals surface area contributed by atoms with Crippen LogP contribution in [0.4, 0.5) is 5.69 Å². The molecule has 1 N–H and O–H groups in total. The molecule has 2 aromatic heterocycles. The van der Waals surface area contributed by atoms with E-state index in [4.69, 9.17) is 0 Å². The molecule has 6 heteroatoms. The summed E-state index contributed by atoms with van der Waals surface area (Å²) in [4.78, 5) is 16.4. The van der Waals surface area contributed by atoms with E-state index >= 15 is 0 Å². The van der Waals surface area contributed by atoms with Gasteiger partial charge in [0, 0.05) is 12.4 Å². The molecule has 0 saturated carbocycles. The van der Waals surface area contributed by atoms with Crippen molar-refractivity contribution < 1.29 is 4.79 Å². The Balaban J connectivity index is 1.98. The largest absolute Gasteiger partial charge is 0.321 e. The van der Waals surface area contributed by atoms with Crippen LogP contribution in [0.1, 0.15) is 21.5 Å². The molecular weight excluding hydrogens is 266 g/mol. The molecule has 0 aliphatic heterocycles. The zero-order valence-corrected chi connectivity index (χ0v) is 11.2. The zero-order valence-electron chi connectivity index (χ0n) is 11.2. The molecule has 3 aromatic rings. The van der Waals surface area contributed by atoms with Gasteiger partial charge in [-0.3, -0.25) is 9.78 Å². The highest BCUT2D eigenvalue weighted by Gasteiger charge is 2.15. The summed E-state index contributed by atoms with van der Waals surface area (Å²) in [5.74, 6) is -0.319. The standard InChI is InChI=1S/C15H11N5O/c1-10-3-2-4-13(11(10)7-16)19-15(21)12-8-18-20-6-5-17-9-14(12)20/h2-6,8-9H,1H3,(H,19,21). The number of rotatable bonds is 2. The SMILES string of the molecule is Cc1cccc(NC(=O)c2cnn3ccncc23)c1C#N. The third kappa shape index (κ3) is 2.21. The second kappa shape index (κ2) is 5.06. The van der Waals surface area contributed by atoms with Crippen LogP contribution in [-0.2, 0) is 0 Å². The summed E-state index contributed by atoms with van der Waals surface area (Å²) < 4.78 is 1.57. The summed E-state index contributed by atoms with van der Waals surface area (Å²) in [6.45, 7) is 1.83. The first-order valence-electron chi connectivity index (χ1n) is 6.29. The molecule has 0 bridgehead atoms. The Hall–Kier alpha value is -3.20. The molecule has 0 aliphatic carbocycles. The highest BCUT2D eigenvalue weighted by Crippen LogP contribution is 2.20. The fourth-order valence-electron chi connectivity index (χ4n) is 2.12. The fraction of sp³-hybridized carbons (Fsp3) is 0.0667. The Morgan fingerprint density at radius 3 is 3.05 bits per heavy atom. The number of nitrogens with zero attached hydrogens (tertiary/aromatic N) is 4. The lowest BCUT2D eigenvalue weighted by molar-refractivity contribution is 0.102. The van der Waals surface area contributed by atoms with Crippen LogP contribution in [0.2, 0.25) is 0 Å². The minimum absolute atomic E-state index is 0.319. The van der Waals surface area contributed by atoms with Crippen LogP contribution in [-0.4, -0.2) is 20.5 Å². The maximum Gasteiger partial charge on any atom is 0.259 e. The van der Waals surface area contributed by atoms with E-state index in [-0.39, 0.29) is 5.91 Å². The van der Waals surface area contributed by atoms with E-state index < -0.39 is 0 Å². The van der Waals surface area contributed by atoms with Gasteiger partial charge in [-0.05, 0) is 18.6 Å². The molecule has 0 radical (unpaired) electrons. The van der Waals surface area contributed by atoms with Crippen molar-refractivity contribution in [2.75, 3.05) is 5.32 Å². The summed E-state index contributed by atoms with van der Waals surface area (Å²) in [5.41, 5.74) is 2.79. The molecule has 0 spiro atoms. The van der Waals surface area contributed by atoms with Gasteiger partial charge in [-0.1, -0.05) is 12.1 Å². The average molecular weight is 277 g/mol. The molecule has 0 atom stereocenters. The van der Waals surface area contributed by atoms with Crippen LogP contribution >= 0.6 is 0 Å². The smallest absolute Gasteiger partial charge is 0.259 e. The van der Waals surface area contributed by atoms with E-state index in [2.05, 4.69) is 21.5 Å². The molecule has 0 fully saturated rings. The molecule has 0 unspecified atom stereocenters. The first-order valence-corrected chi connectivity index (χ1v) is 6.29. The Labute approximate surface area is 120 Å². The number of benzene rings is 1. The van der Waals surface area contributed by atoms with Crippen LogP contribution in [0.5, 0.6) is 0 Å². The summed E-state index contributed by atoms with van der Waals surface area (Å²) in [6, 6.07) is 7.43. The number of amides is 1. The number of hydrogen-bond donors (Lipinski definition) is 1. The minimum atomic E-state index is -0.319. The maximum absolute atomic E-state index is 12.4. The van der Waals surface area contributed by atoms with E-state index in [1.54, 1.807) is 35.2 Å². The lowest BCUT2D eigenvalue weighted by atomic mass is 10.1. The van der Waals surface area contributed by atoms with Crippen LogP contribution in [0, 0.1) is 18.3 Å². The second-order valence-corrected chi connectivity index (χ2v) is 4.53. The molecule has 102 valence electrons. The average Bonchev–Trinajstić information content (AvgIpc) is 2.91. The third-order valence-corrected chi connectivity index (χ3v) is 3.20. The Kier molecular flexibility index (Phi) is 3.09. The first kappa shape index (κ1) is 12.8. The van der Waals surface area contributed by atoms with Crippen molar-refractivity contribution in [1.29, 1.82) is 5.26 Å². The van der Waals surface area contributed by atoms with Gasteiger partial charge in [0.2, 0.25) is 0 Å². The predicted octanol–water partition coefficient (Wildman–Crippen LogP) is 2.16. The van der Waals surface area contributed by atoms with Gasteiger partial charge >= 0.3 is 0 Å². The van der Waals surface area contributed by atoms with Gasteiger partial charge in [-0.15, -0.1) is 0 Å². The molecule has 1 aromatic carbocycles. The van der Waals surface area contributed by atoms with Crippen LogP contribution in [0.25, 0.3) is 5.52 Å². The number of nitrogens with one attached hydrogen (secondary N) is 1. The van der Waals surface area contributed by atoms with Gasteiger partial charge in [0.25, 0.3) is 5.91 Å². The molecular formula is C15H11N5O. The highest BCUT2D eigenvalue weighted by molar-refractivity contribution is 6.09. The topological polar surface area (TPSA) is 83.1 Å². The van der Waals surface area contributed by atoms with Gasteiger partial charge in [0.15, 0.2) is 0 Å². The lowest BCUT2D eigenvalue weighted by Gasteiger charge is -2.07. The van der Waals surface area contributed by atoms with Gasteiger partial charge in [-0.25, -0.2) is 4.52 Å². The van der Waals surface area contributed by atoms with Crippen molar-refractivity contribution in [2.45, 2.75) is 6.92 Å². The first-order chi connectivity index (χ1) is 10.2. The molecule has 1 amide bonds. The van der Waals surface area contributed by atoms with Crippen molar-refractivity contribution in [3.8, 4) is 6.07 Å². The van der Waals surface area contributed by atoms with E-state index in [1.807, 2.05) is 13.0 Å². The summed E-state index contributed by atoms with van der Waals surface area (Å²) in [7, 11) is 0. The van der Waals surface area contributed by atoms with Crippen LogP contribution in [0.15, 0.2) is 43.0 Å². The van der Waals surface area contributed by atoms with Gasteiger partial charge < -0.3 is 5.32 Å². The fourth-order valence-corrected chi connectivity index (χ4v) is 2.12. The Morgan fingerprint density at radius 2 is 2.24 bits per heavy atom. The van der Waals surface area contributed by atoms with E-state index in [0.29, 0.717) is 22.3 Å². The molecule has 6 nitrogen and oxygen atoms in total. The summed E-state index contributed by atoms with van der Waals surface area (Å²) in [5, 5.41) is 16.0. The Morgan fingerprint density at radius 1 is 1.38 bits per heavy atom. The lowest BCUT2D eigenvalue weighted by Crippen LogP contribution is -2.13. The number of fused-ring (bicyclic) bond motifs is 1. The second-order valence-electron chi connectivity index (χ2n) is 4.53. The normalized spacial score (nSPS) is 10.3. The summed E-state index contributed by atoms with van der Waals surface area (Å²) >= 11 is 0. The van der Waals surface area contributed by atoms with Crippen molar-refractivity contribution in [3.05, 3.63) is 59.7 Å². The minimum Gasteiger partial charge on any atom is -0.321 e. The van der Waals surface area contributed by atoms with Crippen molar-refractivity contribution in [3.63, 3.8) is 0 Å². The van der Waals surface area contributed by atoms with Crippen molar-refractivity contribution in [2.24, 2.45) is 0 Å². The predicted molar refractivity (Wildman–Crippen MR) is 76.8 cm³/mol. The highest BCUT2D eigenvalue weighted by atomic mass is 16.1. The number of nitriles is 1. The van der Waals surface area contributed by atoms with Crippen molar-refractivity contribution >= 4 is 17.1 Å². The number of hydrogen-bond acceptors (Lipinski definition) is 4. The van der Waals surface area contributed by atoms with Crippen LogP contribution < -0.4 is 5.32 Å². The zero-order chi connectivity index (χ0) is 14.8. The number of carbonyl (C=O) groups excluding carboxylic acids is 1. The summed E-state index contributed by atoms with van der Waals surface area (Å²) in [6.07, 6.45) is 6.31. The van der Waals surface area contributed by atoms with E-state index in [1.165, 1.54) is 6.20 Å². The van der Waals surface area contributed by atoms with E-state index in [0.717, 1.165) is 5.56 Å². The quantitative estimate of drug-likeness (QED) is 0.778. The molecule has 2 heterocycles. The maximum atomic E-state index is 12.4.